The topological polar surface area (TPSA) is 70.8 Å². The second-order valence-corrected chi connectivity index (χ2v) is 5.08. The quantitative estimate of drug-likeness (QED) is 0.464. The van der Waals surface area contributed by atoms with Gasteiger partial charge in [0, 0.05) is 12.4 Å². The van der Waals surface area contributed by atoms with Gasteiger partial charge in [-0.3, -0.25) is 9.98 Å². The number of hydrogen-bond donors (Lipinski definition) is 0. The van der Waals surface area contributed by atoms with Crippen LogP contribution in [0, 0.1) is 0 Å². The molecule has 26 heavy (non-hydrogen) atoms. The van der Waals surface area contributed by atoms with Crippen molar-refractivity contribution in [3.05, 3.63) is 83.9 Å². The minimum atomic E-state index is -0.0810. The van der Waals surface area contributed by atoms with E-state index in [-0.39, 0.29) is 41.0 Å². The summed E-state index contributed by atoms with van der Waals surface area (Å²) in [5.74, 6) is -0.162. The molecule has 0 fully saturated rings. The van der Waals surface area contributed by atoms with Gasteiger partial charge in [-0.25, -0.2) is 0 Å². The maximum atomic E-state index is 11.7. The fourth-order valence-corrected chi connectivity index (χ4v) is 2.14. The van der Waals surface area contributed by atoms with E-state index in [2.05, 4.69) is 9.98 Å². The number of nitrogens with zero attached hydrogens (tertiary/aromatic N) is 2. The van der Waals surface area contributed by atoms with Crippen LogP contribution in [0.15, 0.2) is 82.8 Å². The molecule has 0 saturated carbocycles. The number of rotatable bonds is 4. The van der Waals surface area contributed by atoms with E-state index in [0.717, 1.165) is 0 Å². The second kappa shape index (κ2) is 10.4. The molecule has 0 N–H and O–H groups in total. The van der Waals surface area contributed by atoms with Gasteiger partial charge in [0.1, 0.15) is 0 Å². The van der Waals surface area contributed by atoms with Crippen LogP contribution >= 0.6 is 0 Å². The molecule has 3 aromatic carbocycles. The van der Waals surface area contributed by atoms with E-state index >= 15 is 0 Å². The first-order chi connectivity index (χ1) is 11.7. The molecule has 0 aromatic heterocycles. The van der Waals surface area contributed by atoms with Crippen molar-refractivity contribution in [2.24, 2.45) is 9.98 Å². The first kappa shape index (κ1) is 21.5. The smallest absolute Gasteiger partial charge is 1.00 e. The fourth-order valence-electron chi connectivity index (χ4n) is 2.14. The minimum absolute atomic E-state index is 0. The van der Waals surface area contributed by atoms with Gasteiger partial charge in [-0.2, -0.15) is 0 Å². The molecular weight excluding hydrogens is 392 g/mol. The Kier molecular flexibility index (Phi) is 8.59. The number of aliphatic imine (C=N–C) groups is 2. The molecule has 0 saturated heterocycles. The summed E-state index contributed by atoms with van der Waals surface area (Å²) in [6.45, 7) is 0. The van der Waals surface area contributed by atoms with E-state index in [1.54, 1.807) is 48.5 Å². The van der Waals surface area contributed by atoms with Crippen LogP contribution < -0.4 is 22.6 Å². The summed E-state index contributed by atoms with van der Waals surface area (Å²) >= 11 is 0. The molecule has 131 valence electrons. The van der Waals surface area contributed by atoms with Gasteiger partial charge in [0.25, 0.3) is 0 Å². The van der Waals surface area contributed by atoms with Crippen molar-refractivity contribution in [3.63, 3.8) is 0 Å². The molecule has 0 bridgehead atoms. The Morgan fingerprint density at radius 3 is 1.31 bits per heavy atom. The predicted molar refractivity (Wildman–Crippen MR) is 92.7 cm³/mol. The van der Waals surface area contributed by atoms with Gasteiger partial charge in [-0.1, -0.05) is 60.7 Å². The van der Waals surface area contributed by atoms with Gasteiger partial charge in [-0.15, -0.1) is 11.5 Å². The third kappa shape index (κ3) is 5.46. The predicted octanol–water partition coefficient (Wildman–Crippen LogP) is 0.337. The number of halogens is 1. The molecule has 3 aromatic rings. The zero-order valence-corrected chi connectivity index (χ0v) is 15.4. The van der Waals surface area contributed by atoms with Gasteiger partial charge >= 0.3 is 17.1 Å². The van der Waals surface area contributed by atoms with Crippen LogP contribution in [-0.4, -0.2) is 12.4 Å². The molecule has 0 aliphatic rings. The van der Waals surface area contributed by atoms with Crippen LogP contribution in [0.25, 0.3) is 0 Å². The van der Waals surface area contributed by atoms with E-state index in [1.165, 1.54) is 24.6 Å². The Morgan fingerprint density at radius 1 is 0.577 bits per heavy atom. The molecule has 0 aliphatic carbocycles. The number of benzene rings is 3. The Labute approximate surface area is 168 Å². The first-order valence-electron chi connectivity index (χ1n) is 7.43. The van der Waals surface area contributed by atoms with Crippen LogP contribution in [0.5, 0.6) is 11.5 Å². The van der Waals surface area contributed by atoms with Gasteiger partial charge in [0.15, 0.2) is 0 Å². The van der Waals surface area contributed by atoms with Crippen molar-refractivity contribution in [2.45, 2.75) is 0 Å². The summed E-state index contributed by atoms with van der Waals surface area (Å²) in [7, 11) is 0. The monoisotopic (exact) mass is 405 g/mol. The molecule has 0 spiro atoms. The SMILES string of the molecule is [Cl-].[Fe+3].[O-]c1ccccc1C=Nc1ccccc1N=Cc1ccccc1[O-]. The first-order valence-corrected chi connectivity index (χ1v) is 7.43. The molecule has 3 rings (SSSR count). The maximum absolute atomic E-state index is 11.7. The summed E-state index contributed by atoms with van der Waals surface area (Å²) in [6.07, 6.45) is 3.05. The van der Waals surface area contributed by atoms with Crippen LogP contribution in [0.3, 0.4) is 0 Å². The van der Waals surface area contributed by atoms with E-state index < -0.39 is 0 Å². The Bertz CT molecular complexity index is 839. The van der Waals surface area contributed by atoms with Crippen LogP contribution in [0.1, 0.15) is 11.1 Å². The zero-order valence-electron chi connectivity index (χ0n) is 13.5. The molecule has 0 amide bonds. The molecule has 0 unspecified atom stereocenters. The van der Waals surface area contributed by atoms with E-state index in [0.29, 0.717) is 22.5 Å². The van der Waals surface area contributed by atoms with Crippen LogP contribution in [0.2, 0.25) is 0 Å². The average Bonchev–Trinajstić information content (AvgIpc) is 2.61. The summed E-state index contributed by atoms with van der Waals surface area (Å²) in [5.41, 5.74) is 2.28. The van der Waals surface area contributed by atoms with Crippen molar-refractivity contribution < 1.29 is 39.7 Å². The molecule has 6 heteroatoms. The molecule has 4 nitrogen and oxygen atoms in total. The van der Waals surface area contributed by atoms with Crippen molar-refractivity contribution in [1.29, 1.82) is 0 Å². The van der Waals surface area contributed by atoms with Gasteiger partial charge in [0.2, 0.25) is 0 Å². The summed E-state index contributed by atoms with van der Waals surface area (Å²) in [4.78, 5) is 8.71. The fraction of sp³-hybridized carbons (Fsp3) is 0. The van der Waals surface area contributed by atoms with Crippen molar-refractivity contribution in [3.8, 4) is 11.5 Å². The summed E-state index contributed by atoms with van der Waals surface area (Å²) in [5, 5.41) is 23.4. The Hall–Kier alpha value is -2.59. The van der Waals surface area contributed by atoms with Crippen molar-refractivity contribution in [2.75, 3.05) is 0 Å². The third-order valence-corrected chi connectivity index (χ3v) is 3.41. The van der Waals surface area contributed by atoms with E-state index in [9.17, 15) is 10.2 Å². The van der Waals surface area contributed by atoms with Crippen molar-refractivity contribution >= 4 is 23.8 Å². The number of hydrogen-bond acceptors (Lipinski definition) is 4. The van der Waals surface area contributed by atoms with Crippen LogP contribution in [0.4, 0.5) is 11.4 Å². The Morgan fingerprint density at radius 2 is 0.923 bits per heavy atom. The molecular formula is C20H14ClFeN2O2. The standard InChI is InChI=1S/C20H16N2O2.ClH.Fe/c23-19-11-5-1-7-15(19)13-21-17-9-3-4-10-18(17)22-14-16-8-2-6-12-20(16)24;;/h1-14,23-24H;1H;/q;;+3/p-3. The molecule has 0 heterocycles. The summed E-state index contributed by atoms with van der Waals surface area (Å²) < 4.78 is 0. The van der Waals surface area contributed by atoms with Crippen LogP contribution in [-0.2, 0) is 17.1 Å². The maximum Gasteiger partial charge on any atom is 3.00 e. The van der Waals surface area contributed by atoms with E-state index in [1.807, 2.05) is 12.1 Å². The van der Waals surface area contributed by atoms with Gasteiger partial charge in [-0.05, 0) is 23.3 Å². The summed E-state index contributed by atoms with van der Waals surface area (Å²) in [6, 6.07) is 20.7. The second-order valence-electron chi connectivity index (χ2n) is 5.08. The average molecular weight is 406 g/mol. The van der Waals surface area contributed by atoms with Gasteiger partial charge < -0.3 is 22.6 Å². The minimum Gasteiger partial charge on any atom is -1.00 e. The van der Waals surface area contributed by atoms with Crippen molar-refractivity contribution in [1.82, 2.24) is 0 Å². The third-order valence-electron chi connectivity index (χ3n) is 3.41. The Balaban J connectivity index is 0.00000169. The van der Waals surface area contributed by atoms with Gasteiger partial charge in [0.05, 0.1) is 11.4 Å². The largest absolute Gasteiger partial charge is 3.00 e. The van der Waals surface area contributed by atoms with E-state index in [4.69, 9.17) is 0 Å². The normalized spacial score (nSPS) is 10.5. The molecule has 0 aliphatic heterocycles. The molecule has 0 atom stereocenters. The number of para-hydroxylation sites is 4. The zero-order chi connectivity index (χ0) is 16.8. The molecule has 1 radical (unpaired) electrons.